The van der Waals surface area contributed by atoms with Crippen LogP contribution in [0.25, 0.3) is 11.1 Å². The number of fused-ring (bicyclic) bond motifs is 1. The lowest BCUT2D eigenvalue weighted by molar-refractivity contribution is -0.118. The van der Waals surface area contributed by atoms with Crippen LogP contribution >= 0.6 is 0 Å². The SMILES string of the molecule is CCc1ccc2oc(Cc3ccc(NC(=O)COc4cccc(C)c4)cc3)nc2c1. The van der Waals surface area contributed by atoms with Gasteiger partial charge in [-0.25, -0.2) is 4.98 Å². The van der Waals surface area contributed by atoms with Gasteiger partial charge < -0.3 is 14.5 Å². The number of amides is 1. The molecule has 0 aliphatic heterocycles. The zero-order chi connectivity index (χ0) is 20.9. The van der Waals surface area contributed by atoms with E-state index >= 15 is 0 Å². The van der Waals surface area contributed by atoms with Gasteiger partial charge >= 0.3 is 0 Å². The summed E-state index contributed by atoms with van der Waals surface area (Å²) in [6.45, 7) is 4.07. The maximum Gasteiger partial charge on any atom is 0.262 e. The molecule has 5 heteroatoms. The highest BCUT2D eigenvalue weighted by atomic mass is 16.5. The molecule has 1 heterocycles. The summed E-state index contributed by atoms with van der Waals surface area (Å²) in [6, 6.07) is 21.4. The van der Waals surface area contributed by atoms with Gasteiger partial charge in [-0.05, 0) is 66.4 Å². The third-order valence-corrected chi connectivity index (χ3v) is 4.86. The molecule has 4 rings (SSSR count). The van der Waals surface area contributed by atoms with Crippen molar-refractivity contribution in [1.29, 1.82) is 0 Å². The van der Waals surface area contributed by atoms with E-state index in [1.54, 1.807) is 0 Å². The first-order valence-electron chi connectivity index (χ1n) is 10.1. The number of ether oxygens (including phenoxy) is 1. The van der Waals surface area contributed by atoms with Crippen LogP contribution in [0, 0.1) is 6.92 Å². The molecule has 1 aromatic heterocycles. The third kappa shape index (κ3) is 4.87. The molecule has 3 aromatic carbocycles. The standard InChI is InChI=1S/C25H24N2O3/c1-3-18-9-12-23-22(14-18)27-25(30-23)15-19-7-10-20(11-8-19)26-24(28)16-29-21-6-4-5-17(2)13-21/h4-14H,3,15-16H2,1-2H3,(H,26,28). The second kappa shape index (κ2) is 8.82. The van der Waals surface area contributed by atoms with Crippen LogP contribution in [0.2, 0.25) is 0 Å². The highest BCUT2D eigenvalue weighted by molar-refractivity contribution is 5.91. The van der Waals surface area contributed by atoms with Crippen molar-refractivity contribution in [3.63, 3.8) is 0 Å². The number of nitrogens with zero attached hydrogens (tertiary/aromatic N) is 1. The van der Waals surface area contributed by atoms with Gasteiger partial charge in [0.1, 0.15) is 11.3 Å². The molecule has 0 unspecified atom stereocenters. The van der Waals surface area contributed by atoms with Crippen LogP contribution in [0.4, 0.5) is 5.69 Å². The number of hydrogen-bond acceptors (Lipinski definition) is 4. The number of aromatic nitrogens is 1. The number of benzene rings is 3. The Morgan fingerprint density at radius 3 is 2.60 bits per heavy atom. The number of aryl methyl sites for hydroxylation is 2. The summed E-state index contributed by atoms with van der Waals surface area (Å²) in [5, 5.41) is 2.85. The fourth-order valence-electron chi connectivity index (χ4n) is 3.25. The Morgan fingerprint density at radius 2 is 1.83 bits per heavy atom. The summed E-state index contributed by atoms with van der Waals surface area (Å²) in [7, 11) is 0. The van der Waals surface area contributed by atoms with Crippen molar-refractivity contribution < 1.29 is 13.9 Å². The van der Waals surface area contributed by atoms with E-state index < -0.39 is 0 Å². The third-order valence-electron chi connectivity index (χ3n) is 4.86. The minimum absolute atomic E-state index is 0.0339. The largest absolute Gasteiger partial charge is 0.484 e. The van der Waals surface area contributed by atoms with Crippen molar-refractivity contribution in [2.24, 2.45) is 0 Å². The predicted molar refractivity (Wildman–Crippen MR) is 118 cm³/mol. The lowest BCUT2D eigenvalue weighted by Gasteiger charge is -2.08. The number of carbonyl (C=O) groups is 1. The molecule has 0 aliphatic rings. The Labute approximate surface area is 175 Å². The van der Waals surface area contributed by atoms with Gasteiger partial charge in [0.15, 0.2) is 18.1 Å². The molecular weight excluding hydrogens is 376 g/mol. The van der Waals surface area contributed by atoms with E-state index in [1.165, 1.54) is 5.56 Å². The summed E-state index contributed by atoms with van der Waals surface area (Å²) in [5.74, 6) is 1.17. The van der Waals surface area contributed by atoms with Gasteiger partial charge in [0.05, 0.1) is 0 Å². The first kappa shape index (κ1) is 19.7. The summed E-state index contributed by atoms with van der Waals surface area (Å²) >= 11 is 0. The smallest absolute Gasteiger partial charge is 0.262 e. The molecule has 0 saturated heterocycles. The first-order chi connectivity index (χ1) is 14.6. The van der Waals surface area contributed by atoms with Crippen LogP contribution < -0.4 is 10.1 Å². The molecule has 0 spiro atoms. The molecule has 0 saturated carbocycles. The molecule has 4 aromatic rings. The fourth-order valence-corrected chi connectivity index (χ4v) is 3.25. The number of anilines is 1. The quantitative estimate of drug-likeness (QED) is 0.457. The van der Waals surface area contributed by atoms with Crippen LogP contribution in [-0.4, -0.2) is 17.5 Å². The zero-order valence-electron chi connectivity index (χ0n) is 17.1. The molecule has 152 valence electrons. The van der Waals surface area contributed by atoms with Crippen molar-refractivity contribution >= 4 is 22.7 Å². The van der Waals surface area contributed by atoms with Gasteiger partial charge in [0.2, 0.25) is 0 Å². The first-order valence-corrected chi connectivity index (χ1v) is 10.1. The fraction of sp³-hybridized carbons (Fsp3) is 0.200. The highest BCUT2D eigenvalue weighted by Gasteiger charge is 2.08. The van der Waals surface area contributed by atoms with Gasteiger partial charge in [-0.2, -0.15) is 0 Å². The van der Waals surface area contributed by atoms with Gasteiger partial charge in [-0.3, -0.25) is 4.79 Å². The molecular formula is C25H24N2O3. The van der Waals surface area contributed by atoms with E-state index in [2.05, 4.69) is 29.4 Å². The second-order valence-corrected chi connectivity index (χ2v) is 7.29. The van der Waals surface area contributed by atoms with Crippen LogP contribution in [0.15, 0.2) is 71.1 Å². The van der Waals surface area contributed by atoms with Crippen LogP contribution in [-0.2, 0) is 17.6 Å². The van der Waals surface area contributed by atoms with E-state index in [9.17, 15) is 4.79 Å². The van der Waals surface area contributed by atoms with E-state index in [0.29, 0.717) is 18.1 Å². The molecule has 30 heavy (non-hydrogen) atoms. The van der Waals surface area contributed by atoms with Gasteiger partial charge in [0.25, 0.3) is 5.91 Å². The summed E-state index contributed by atoms with van der Waals surface area (Å²) < 4.78 is 11.4. The van der Waals surface area contributed by atoms with Crippen molar-refractivity contribution in [2.75, 3.05) is 11.9 Å². The Hall–Kier alpha value is -3.60. The van der Waals surface area contributed by atoms with Crippen molar-refractivity contribution in [2.45, 2.75) is 26.7 Å². The van der Waals surface area contributed by atoms with Crippen molar-refractivity contribution in [3.05, 3.63) is 89.3 Å². The molecule has 0 aliphatic carbocycles. The predicted octanol–water partition coefficient (Wildman–Crippen LogP) is 5.31. The second-order valence-electron chi connectivity index (χ2n) is 7.29. The van der Waals surface area contributed by atoms with Crippen LogP contribution in [0.1, 0.15) is 29.5 Å². The lowest BCUT2D eigenvalue weighted by atomic mass is 10.1. The van der Waals surface area contributed by atoms with Crippen molar-refractivity contribution in [3.8, 4) is 5.75 Å². The van der Waals surface area contributed by atoms with Crippen LogP contribution in [0.3, 0.4) is 0 Å². The average Bonchev–Trinajstić information content (AvgIpc) is 3.15. The molecule has 0 atom stereocenters. The minimum atomic E-state index is -0.199. The Balaban J connectivity index is 1.34. The Bertz CT molecular complexity index is 1160. The number of hydrogen-bond donors (Lipinski definition) is 1. The molecule has 1 amide bonds. The average molecular weight is 400 g/mol. The summed E-state index contributed by atoms with van der Waals surface area (Å²) in [5.41, 5.74) is 5.82. The number of carbonyl (C=O) groups excluding carboxylic acids is 1. The van der Waals surface area contributed by atoms with E-state index in [4.69, 9.17) is 9.15 Å². The molecule has 0 fully saturated rings. The normalized spacial score (nSPS) is 10.9. The number of nitrogens with one attached hydrogen (secondary N) is 1. The maximum atomic E-state index is 12.1. The Kier molecular flexibility index (Phi) is 5.80. The minimum Gasteiger partial charge on any atom is -0.484 e. The van der Waals surface area contributed by atoms with Gasteiger partial charge in [-0.15, -0.1) is 0 Å². The summed E-state index contributed by atoms with van der Waals surface area (Å²) in [4.78, 5) is 16.7. The lowest BCUT2D eigenvalue weighted by Crippen LogP contribution is -2.20. The van der Waals surface area contributed by atoms with E-state index in [1.807, 2.05) is 61.5 Å². The summed E-state index contributed by atoms with van der Waals surface area (Å²) in [6.07, 6.45) is 1.57. The monoisotopic (exact) mass is 400 g/mol. The topological polar surface area (TPSA) is 64.4 Å². The number of rotatable bonds is 7. The maximum absolute atomic E-state index is 12.1. The van der Waals surface area contributed by atoms with Gasteiger partial charge in [-0.1, -0.05) is 37.3 Å². The zero-order valence-corrected chi connectivity index (χ0v) is 17.1. The van der Waals surface area contributed by atoms with Crippen LogP contribution in [0.5, 0.6) is 5.75 Å². The molecule has 0 bridgehead atoms. The van der Waals surface area contributed by atoms with Gasteiger partial charge in [0, 0.05) is 12.1 Å². The molecule has 1 N–H and O–H groups in total. The Morgan fingerprint density at radius 1 is 1.03 bits per heavy atom. The molecule has 5 nitrogen and oxygen atoms in total. The number of oxazole rings is 1. The molecule has 0 radical (unpaired) electrons. The van der Waals surface area contributed by atoms with E-state index in [-0.39, 0.29) is 12.5 Å². The van der Waals surface area contributed by atoms with E-state index in [0.717, 1.165) is 34.3 Å². The van der Waals surface area contributed by atoms with Crippen molar-refractivity contribution in [1.82, 2.24) is 4.98 Å². The highest BCUT2D eigenvalue weighted by Crippen LogP contribution is 2.20.